The molecule has 0 aliphatic rings. The Morgan fingerprint density at radius 2 is 1.18 bits per heavy atom. The van der Waals surface area contributed by atoms with Crippen molar-refractivity contribution < 1.29 is 14.3 Å². The monoisotopic (exact) mass is 536 g/mol. The molecule has 1 unspecified atom stereocenters. The fourth-order valence-electron chi connectivity index (χ4n) is 4.59. The van der Waals surface area contributed by atoms with E-state index in [0.717, 1.165) is 37.1 Å². The van der Waals surface area contributed by atoms with Gasteiger partial charge in [0.1, 0.15) is 0 Å². The van der Waals surface area contributed by atoms with Gasteiger partial charge in [0.2, 0.25) is 11.8 Å². The fourth-order valence-corrected chi connectivity index (χ4v) is 4.59. The molecule has 0 N–H and O–H groups in total. The average molecular weight is 537 g/mol. The highest BCUT2D eigenvalue weighted by molar-refractivity contribution is 5.94. The molecule has 2 amide bonds. The van der Waals surface area contributed by atoms with Crippen LogP contribution in [0.4, 0.5) is 11.4 Å². The van der Waals surface area contributed by atoms with Gasteiger partial charge in [-0.15, -0.1) is 0 Å². The molecular formula is C34H52N2O3. The van der Waals surface area contributed by atoms with Crippen LogP contribution < -0.4 is 9.80 Å². The Morgan fingerprint density at radius 3 is 1.59 bits per heavy atom. The number of amides is 2. The van der Waals surface area contributed by atoms with Crippen LogP contribution in [0, 0.1) is 16.7 Å². The molecule has 39 heavy (non-hydrogen) atoms. The Morgan fingerprint density at radius 1 is 0.744 bits per heavy atom. The maximum Gasteiger partial charge on any atom is 0.227 e. The summed E-state index contributed by atoms with van der Waals surface area (Å²) in [6.07, 6.45) is 4.97. The molecular weight excluding hydrogens is 484 g/mol. The minimum absolute atomic E-state index is 0.158. The summed E-state index contributed by atoms with van der Waals surface area (Å²) in [4.78, 5) is 30.3. The summed E-state index contributed by atoms with van der Waals surface area (Å²) in [5.74, 6) is 0.860. The normalized spacial score (nSPS) is 12.7. The lowest BCUT2D eigenvalue weighted by Gasteiger charge is -2.36. The Balaban J connectivity index is 2.04. The number of rotatable bonds is 17. The second-order valence-corrected chi connectivity index (χ2v) is 12.6. The van der Waals surface area contributed by atoms with Crippen molar-refractivity contribution in [1.29, 1.82) is 0 Å². The maximum atomic E-state index is 13.3. The van der Waals surface area contributed by atoms with E-state index in [1.807, 2.05) is 70.5 Å². The van der Waals surface area contributed by atoms with E-state index in [1.54, 1.807) is 0 Å². The lowest BCUT2D eigenvalue weighted by atomic mass is 9.91. The minimum atomic E-state index is -0.242. The topological polar surface area (TPSA) is 49.9 Å². The first-order valence-electron chi connectivity index (χ1n) is 14.8. The SMILES string of the molecule is CCCCC(=O)N(CC(C)(C)COCC(C)(C)CN(C(=O)CCC(C)CC)c1ccccc1)c1ccccc1. The second kappa shape index (κ2) is 15.8. The number of carbonyl (C=O) groups excluding carboxylic acids is 2. The van der Waals surface area contributed by atoms with Crippen LogP contribution in [0.1, 0.15) is 87.0 Å². The van der Waals surface area contributed by atoms with Gasteiger partial charge in [-0.1, -0.05) is 97.7 Å². The molecule has 216 valence electrons. The average Bonchev–Trinajstić information content (AvgIpc) is 2.92. The number of nitrogens with zero attached hydrogens (tertiary/aromatic N) is 2. The van der Waals surface area contributed by atoms with Crippen LogP contribution in [0.25, 0.3) is 0 Å². The van der Waals surface area contributed by atoms with Crippen molar-refractivity contribution >= 4 is 23.2 Å². The molecule has 0 aromatic heterocycles. The molecule has 0 saturated carbocycles. The highest BCUT2D eigenvalue weighted by Crippen LogP contribution is 2.28. The number of anilines is 2. The predicted octanol–water partition coefficient (Wildman–Crippen LogP) is 8.14. The number of para-hydroxylation sites is 2. The molecule has 0 heterocycles. The summed E-state index contributed by atoms with van der Waals surface area (Å²) < 4.78 is 6.32. The van der Waals surface area contributed by atoms with Gasteiger partial charge in [-0.05, 0) is 43.0 Å². The maximum absolute atomic E-state index is 13.3. The van der Waals surface area contributed by atoms with Gasteiger partial charge in [0.15, 0.2) is 0 Å². The lowest BCUT2D eigenvalue weighted by molar-refractivity contribution is -0.119. The van der Waals surface area contributed by atoms with E-state index >= 15 is 0 Å². The van der Waals surface area contributed by atoms with Gasteiger partial charge in [-0.3, -0.25) is 9.59 Å². The van der Waals surface area contributed by atoms with Crippen molar-refractivity contribution in [1.82, 2.24) is 0 Å². The first kappa shape index (κ1) is 32.6. The number of hydrogen-bond acceptors (Lipinski definition) is 3. The van der Waals surface area contributed by atoms with Crippen molar-refractivity contribution in [2.24, 2.45) is 16.7 Å². The predicted molar refractivity (Wildman–Crippen MR) is 164 cm³/mol. The van der Waals surface area contributed by atoms with Crippen molar-refractivity contribution in [3.8, 4) is 0 Å². The second-order valence-electron chi connectivity index (χ2n) is 12.6. The third-order valence-electron chi connectivity index (χ3n) is 7.19. The van der Waals surface area contributed by atoms with Gasteiger partial charge in [-0.2, -0.15) is 0 Å². The Bertz CT molecular complexity index is 988. The number of carbonyl (C=O) groups is 2. The van der Waals surface area contributed by atoms with Crippen LogP contribution in [-0.2, 0) is 14.3 Å². The van der Waals surface area contributed by atoms with E-state index in [4.69, 9.17) is 4.74 Å². The van der Waals surface area contributed by atoms with Crippen molar-refractivity contribution in [2.45, 2.75) is 87.0 Å². The fraction of sp³-hybridized carbons (Fsp3) is 0.588. The van der Waals surface area contributed by atoms with E-state index in [9.17, 15) is 9.59 Å². The van der Waals surface area contributed by atoms with E-state index in [1.165, 1.54) is 0 Å². The molecule has 0 aliphatic heterocycles. The molecule has 0 radical (unpaired) electrons. The summed E-state index contributed by atoms with van der Waals surface area (Å²) in [5, 5.41) is 0. The number of unbranched alkanes of at least 4 members (excludes halogenated alkanes) is 1. The van der Waals surface area contributed by atoms with Crippen molar-refractivity contribution in [3.05, 3.63) is 60.7 Å². The minimum Gasteiger partial charge on any atom is -0.380 e. The summed E-state index contributed by atoms with van der Waals surface area (Å²) in [6.45, 7) is 17.3. The first-order valence-corrected chi connectivity index (χ1v) is 14.8. The summed E-state index contributed by atoms with van der Waals surface area (Å²) in [6, 6.07) is 19.9. The number of hydrogen-bond donors (Lipinski definition) is 0. The molecule has 5 heteroatoms. The van der Waals surface area contributed by atoms with Crippen LogP contribution >= 0.6 is 0 Å². The Hall–Kier alpha value is -2.66. The van der Waals surface area contributed by atoms with Gasteiger partial charge >= 0.3 is 0 Å². The molecule has 0 saturated heterocycles. The largest absolute Gasteiger partial charge is 0.380 e. The van der Waals surface area contributed by atoms with Crippen LogP contribution in [-0.4, -0.2) is 38.1 Å². The van der Waals surface area contributed by atoms with Gasteiger partial charge in [0, 0.05) is 48.1 Å². The molecule has 2 rings (SSSR count). The van der Waals surface area contributed by atoms with Crippen molar-refractivity contribution in [3.63, 3.8) is 0 Å². The number of ether oxygens (including phenoxy) is 1. The standard InChI is InChI=1S/C34H52N2O3/c1-8-10-21-31(37)35(29-17-13-11-14-18-29)24-33(4,5)26-39-27-34(6,7)25-36(30-19-15-12-16-20-30)32(38)23-22-28(3)9-2/h11-20,28H,8-10,21-27H2,1-7H3. The Kier molecular flexibility index (Phi) is 13.2. The van der Waals surface area contributed by atoms with Gasteiger partial charge in [0.25, 0.3) is 0 Å². The highest BCUT2D eigenvalue weighted by atomic mass is 16.5. The Labute approximate surface area is 237 Å². The van der Waals surface area contributed by atoms with Gasteiger partial charge < -0.3 is 14.5 Å². The van der Waals surface area contributed by atoms with E-state index in [2.05, 4.69) is 48.5 Å². The van der Waals surface area contributed by atoms with Gasteiger partial charge in [-0.25, -0.2) is 0 Å². The van der Waals surface area contributed by atoms with E-state index < -0.39 is 0 Å². The molecule has 0 aliphatic carbocycles. The molecule has 2 aromatic rings. The van der Waals surface area contributed by atoms with Crippen LogP contribution in [0.2, 0.25) is 0 Å². The quantitative estimate of drug-likeness (QED) is 0.205. The smallest absolute Gasteiger partial charge is 0.227 e. The molecule has 0 spiro atoms. The summed E-state index contributed by atoms with van der Waals surface area (Å²) >= 11 is 0. The molecule has 5 nitrogen and oxygen atoms in total. The molecule has 0 fully saturated rings. The third-order valence-corrected chi connectivity index (χ3v) is 7.19. The van der Waals surface area contributed by atoms with E-state index in [0.29, 0.717) is 45.1 Å². The molecule has 0 bridgehead atoms. The zero-order valence-corrected chi connectivity index (χ0v) is 25.5. The molecule has 2 aromatic carbocycles. The molecule has 1 atom stereocenters. The highest BCUT2D eigenvalue weighted by Gasteiger charge is 2.30. The van der Waals surface area contributed by atoms with Crippen LogP contribution in [0.5, 0.6) is 0 Å². The lowest BCUT2D eigenvalue weighted by Crippen LogP contribution is -2.43. The summed E-state index contributed by atoms with van der Waals surface area (Å²) in [5.41, 5.74) is 1.39. The van der Waals surface area contributed by atoms with Crippen LogP contribution in [0.15, 0.2) is 60.7 Å². The zero-order valence-electron chi connectivity index (χ0n) is 25.5. The van der Waals surface area contributed by atoms with Gasteiger partial charge in [0.05, 0.1) is 13.2 Å². The van der Waals surface area contributed by atoms with Crippen LogP contribution in [0.3, 0.4) is 0 Å². The third kappa shape index (κ3) is 11.5. The first-order chi connectivity index (χ1) is 18.5. The summed E-state index contributed by atoms with van der Waals surface area (Å²) in [7, 11) is 0. The van der Waals surface area contributed by atoms with Crippen molar-refractivity contribution in [2.75, 3.05) is 36.1 Å². The van der Waals surface area contributed by atoms with E-state index in [-0.39, 0.29) is 22.6 Å². The zero-order chi connectivity index (χ0) is 28.9. The number of benzene rings is 2.